The maximum atomic E-state index is 13.6. The summed E-state index contributed by atoms with van der Waals surface area (Å²) in [5.41, 5.74) is 1.84. The maximum Gasteiger partial charge on any atom is 0.301 e. The van der Waals surface area contributed by atoms with Crippen LogP contribution in [-0.4, -0.2) is 40.2 Å². The molecule has 0 spiro atoms. The summed E-state index contributed by atoms with van der Waals surface area (Å²) in [6.07, 6.45) is 0.810. The smallest absolute Gasteiger partial charge is 0.301 e. The Hall–Kier alpha value is -3.57. The van der Waals surface area contributed by atoms with Gasteiger partial charge in [0.25, 0.3) is 5.78 Å². The van der Waals surface area contributed by atoms with E-state index in [1.807, 2.05) is 38.1 Å². The van der Waals surface area contributed by atoms with Crippen LogP contribution < -0.4 is 14.4 Å². The van der Waals surface area contributed by atoms with Crippen molar-refractivity contribution < 1.29 is 24.2 Å². The van der Waals surface area contributed by atoms with E-state index in [1.165, 1.54) is 28.0 Å². The second-order valence-electron chi connectivity index (χ2n) is 9.43. The Kier molecular flexibility index (Phi) is 9.92. The highest BCUT2D eigenvalue weighted by Crippen LogP contribution is 2.45. The quantitative estimate of drug-likeness (QED) is 0.0571. The molecule has 1 aliphatic rings. The van der Waals surface area contributed by atoms with Crippen LogP contribution in [-0.2, 0) is 15.3 Å². The number of benzene rings is 3. The highest BCUT2D eigenvalue weighted by Gasteiger charge is 2.48. The molecular weight excluding hydrogens is 629 g/mol. The molecule has 8 nitrogen and oxygen atoms in total. The number of ketones is 1. The van der Waals surface area contributed by atoms with Crippen LogP contribution in [0.15, 0.2) is 76.6 Å². The normalized spacial score (nSPS) is 16.1. The lowest BCUT2D eigenvalue weighted by Crippen LogP contribution is -2.29. The minimum atomic E-state index is -1.00. The van der Waals surface area contributed by atoms with Crippen molar-refractivity contribution in [2.45, 2.75) is 36.4 Å². The highest BCUT2D eigenvalue weighted by atomic mass is 35.5. The second kappa shape index (κ2) is 13.8. The molecule has 3 aromatic carbocycles. The Morgan fingerprint density at radius 3 is 2.33 bits per heavy atom. The van der Waals surface area contributed by atoms with Crippen molar-refractivity contribution in [2.24, 2.45) is 0 Å². The van der Waals surface area contributed by atoms with Crippen LogP contribution in [0, 0.1) is 0 Å². The first-order chi connectivity index (χ1) is 20.8. The van der Waals surface area contributed by atoms with Crippen molar-refractivity contribution in [3.05, 3.63) is 99.0 Å². The van der Waals surface area contributed by atoms with E-state index in [-0.39, 0.29) is 16.5 Å². The molecule has 1 saturated heterocycles. The number of amides is 1. The van der Waals surface area contributed by atoms with Crippen LogP contribution in [0.2, 0.25) is 10.0 Å². The number of Topliss-reactive ketones (excluding diaryl/α,β-unsaturated/α-hetero) is 1. The fourth-order valence-corrected chi connectivity index (χ4v) is 6.56. The van der Waals surface area contributed by atoms with Gasteiger partial charge in [-0.25, -0.2) is 0 Å². The first kappa shape index (κ1) is 30.9. The van der Waals surface area contributed by atoms with E-state index < -0.39 is 17.7 Å². The van der Waals surface area contributed by atoms with Gasteiger partial charge in [0.15, 0.2) is 15.8 Å². The van der Waals surface area contributed by atoms with Crippen molar-refractivity contribution in [3.8, 4) is 11.5 Å². The van der Waals surface area contributed by atoms with E-state index in [1.54, 1.807) is 42.5 Å². The van der Waals surface area contributed by atoms with E-state index >= 15 is 0 Å². The molecule has 0 bridgehead atoms. The lowest BCUT2D eigenvalue weighted by atomic mass is 9.95. The number of aliphatic hydroxyl groups excluding tert-OH is 1. The van der Waals surface area contributed by atoms with Crippen LogP contribution in [0.3, 0.4) is 0 Å². The molecule has 1 N–H and O–H groups in total. The van der Waals surface area contributed by atoms with Gasteiger partial charge in [-0.05, 0) is 73.0 Å². The van der Waals surface area contributed by atoms with Crippen LogP contribution in [0.5, 0.6) is 11.5 Å². The standard InChI is InChI=1S/C31H27Cl2N3O5S2/c1-3-15-41-23-14-9-20(16-24(23)40-4-2)26-25(27(37)19-7-12-22(33)13-8-19)28(38)29(39)36(26)30-34-35-31(43-30)42-17-18-5-10-21(32)11-6-18/h5-14,16,26,37H,3-4,15,17H2,1-2H3/b27-25+. The van der Waals surface area contributed by atoms with Crippen molar-refractivity contribution in [2.75, 3.05) is 18.1 Å². The van der Waals surface area contributed by atoms with Crippen LogP contribution in [0.4, 0.5) is 5.13 Å². The molecule has 1 unspecified atom stereocenters. The number of hydrogen-bond acceptors (Lipinski definition) is 9. The number of ether oxygens (including phenoxy) is 2. The van der Waals surface area contributed by atoms with E-state index in [0.29, 0.717) is 56.0 Å². The zero-order chi connectivity index (χ0) is 30.5. The van der Waals surface area contributed by atoms with Gasteiger partial charge in [-0.1, -0.05) is 71.4 Å². The molecule has 0 radical (unpaired) electrons. The molecule has 1 amide bonds. The SMILES string of the molecule is CCCOc1ccc(C2/C(=C(\O)c3ccc(Cl)cc3)C(=O)C(=O)N2c2nnc(SCc3ccc(Cl)cc3)s2)cc1OCC. The van der Waals surface area contributed by atoms with Crippen molar-refractivity contribution >= 4 is 68.9 Å². The predicted octanol–water partition coefficient (Wildman–Crippen LogP) is 7.95. The van der Waals surface area contributed by atoms with Crippen molar-refractivity contribution in [1.82, 2.24) is 10.2 Å². The van der Waals surface area contributed by atoms with Gasteiger partial charge in [0, 0.05) is 21.4 Å². The predicted molar refractivity (Wildman–Crippen MR) is 171 cm³/mol. The number of rotatable bonds is 11. The molecule has 1 fully saturated rings. The molecule has 2 heterocycles. The number of thioether (sulfide) groups is 1. The summed E-state index contributed by atoms with van der Waals surface area (Å²) in [7, 11) is 0. The average molecular weight is 657 g/mol. The molecule has 43 heavy (non-hydrogen) atoms. The van der Waals surface area contributed by atoms with Gasteiger partial charge < -0.3 is 14.6 Å². The summed E-state index contributed by atoms with van der Waals surface area (Å²) < 4.78 is 12.3. The van der Waals surface area contributed by atoms with Gasteiger partial charge in [-0.2, -0.15) is 0 Å². The molecule has 0 saturated carbocycles. The molecule has 1 aromatic heterocycles. The Morgan fingerprint density at radius 2 is 1.65 bits per heavy atom. The van der Waals surface area contributed by atoms with Crippen LogP contribution in [0.1, 0.15) is 43.0 Å². The first-order valence-electron chi connectivity index (χ1n) is 13.5. The number of aliphatic hydroxyl groups is 1. The zero-order valence-electron chi connectivity index (χ0n) is 23.3. The minimum absolute atomic E-state index is 0.0810. The van der Waals surface area contributed by atoms with Crippen molar-refractivity contribution in [1.29, 1.82) is 0 Å². The van der Waals surface area contributed by atoms with E-state index in [2.05, 4.69) is 10.2 Å². The third kappa shape index (κ3) is 6.83. The summed E-state index contributed by atoms with van der Waals surface area (Å²) >= 11 is 14.7. The molecule has 1 atom stereocenters. The summed E-state index contributed by atoms with van der Waals surface area (Å²) in [5.74, 6) is -0.376. The third-order valence-electron chi connectivity index (χ3n) is 6.48. The number of carbonyl (C=O) groups is 2. The second-order valence-corrected chi connectivity index (χ2v) is 12.5. The van der Waals surface area contributed by atoms with Gasteiger partial charge in [-0.3, -0.25) is 14.5 Å². The first-order valence-corrected chi connectivity index (χ1v) is 16.0. The van der Waals surface area contributed by atoms with Crippen LogP contribution >= 0.6 is 46.3 Å². The maximum absolute atomic E-state index is 13.6. The molecule has 222 valence electrons. The van der Waals surface area contributed by atoms with E-state index in [0.717, 1.165) is 12.0 Å². The number of carbonyl (C=O) groups excluding carboxylic acids is 2. The number of hydrogen-bond donors (Lipinski definition) is 1. The number of anilines is 1. The molecule has 12 heteroatoms. The lowest BCUT2D eigenvalue weighted by molar-refractivity contribution is -0.132. The molecule has 5 rings (SSSR count). The van der Waals surface area contributed by atoms with Crippen LogP contribution in [0.25, 0.3) is 5.76 Å². The van der Waals surface area contributed by atoms with Gasteiger partial charge in [0.2, 0.25) is 5.13 Å². The minimum Gasteiger partial charge on any atom is -0.507 e. The lowest BCUT2D eigenvalue weighted by Gasteiger charge is -2.23. The summed E-state index contributed by atoms with van der Waals surface area (Å²) in [4.78, 5) is 28.5. The average Bonchev–Trinajstić information content (AvgIpc) is 3.58. The Balaban J connectivity index is 1.57. The van der Waals surface area contributed by atoms with Gasteiger partial charge >= 0.3 is 5.91 Å². The van der Waals surface area contributed by atoms with Gasteiger partial charge in [0.05, 0.1) is 24.8 Å². The number of aromatic nitrogens is 2. The topological polar surface area (TPSA) is 102 Å². The number of nitrogens with zero attached hydrogens (tertiary/aromatic N) is 3. The fraction of sp³-hybridized carbons (Fsp3) is 0.226. The summed E-state index contributed by atoms with van der Waals surface area (Å²) in [6, 6.07) is 18.1. The molecular formula is C31H27Cl2N3O5S2. The third-order valence-corrected chi connectivity index (χ3v) is 9.12. The Labute approximate surface area is 267 Å². The molecule has 4 aromatic rings. The fourth-order valence-electron chi connectivity index (χ4n) is 4.49. The summed E-state index contributed by atoms with van der Waals surface area (Å²) in [6.45, 7) is 4.73. The number of halogens is 2. The monoisotopic (exact) mass is 655 g/mol. The van der Waals surface area contributed by atoms with Crippen molar-refractivity contribution in [3.63, 3.8) is 0 Å². The largest absolute Gasteiger partial charge is 0.507 e. The van der Waals surface area contributed by atoms with Gasteiger partial charge in [-0.15, -0.1) is 10.2 Å². The Bertz CT molecular complexity index is 1660. The molecule has 0 aliphatic carbocycles. The zero-order valence-corrected chi connectivity index (χ0v) is 26.4. The highest BCUT2D eigenvalue weighted by molar-refractivity contribution is 8.00. The molecule has 1 aliphatic heterocycles. The van der Waals surface area contributed by atoms with Gasteiger partial charge in [0.1, 0.15) is 5.76 Å². The van der Waals surface area contributed by atoms with E-state index in [9.17, 15) is 14.7 Å². The summed E-state index contributed by atoms with van der Waals surface area (Å²) in [5, 5.41) is 21.3. The van der Waals surface area contributed by atoms with E-state index in [4.69, 9.17) is 32.7 Å². The Morgan fingerprint density at radius 1 is 0.953 bits per heavy atom.